The largest absolute Gasteiger partial charge is 0.377 e. The first-order chi connectivity index (χ1) is 13.1. The standard InChI is InChI=1S/C15H24N2O2.C7H6O/c1-4-19-14(10-11-17(2)3)12-16-15(18)13-8-6-5-7-9-13;8-6-7-4-2-1-3-5-7/h5-9,14H,4,10-12H2,1-3H3,(H,16,18);1-6H. The summed E-state index contributed by atoms with van der Waals surface area (Å²) in [6.45, 7) is 4.14. The van der Waals surface area contributed by atoms with E-state index < -0.39 is 0 Å². The fourth-order valence-corrected chi connectivity index (χ4v) is 2.31. The van der Waals surface area contributed by atoms with Gasteiger partial charge in [0.05, 0.1) is 6.10 Å². The number of rotatable bonds is 9. The van der Waals surface area contributed by atoms with Gasteiger partial charge in [-0.2, -0.15) is 0 Å². The van der Waals surface area contributed by atoms with Crippen molar-refractivity contribution >= 4 is 12.2 Å². The van der Waals surface area contributed by atoms with Crippen LogP contribution in [-0.4, -0.2) is 57.0 Å². The maximum atomic E-state index is 11.9. The Bertz CT molecular complexity index is 645. The number of ether oxygens (including phenoxy) is 1. The summed E-state index contributed by atoms with van der Waals surface area (Å²) < 4.78 is 5.64. The first-order valence-electron chi connectivity index (χ1n) is 9.16. The van der Waals surface area contributed by atoms with Crippen molar-refractivity contribution in [1.29, 1.82) is 0 Å². The summed E-state index contributed by atoms with van der Waals surface area (Å²) in [4.78, 5) is 24.0. The lowest BCUT2D eigenvalue weighted by Crippen LogP contribution is -2.35. The zero-order valence-electron chi connectivity index (χ0n) is 16.4. The Morgan fingerprint density at radius 2 is 1.67 bits per heavy atom. The Labute approximate surface area is 162 Å². The Hall–Kier alpha value is -2.50. The molecule has 0 aliphatic rings. The summed E-state index contributed by atoms with van der Waals surface area (Å²) in [5.41, 5.74) is 1.41. The molecule has 0 aliphatic carbocycles. The van der Waals surface area contributed by atoms with Crippen LogP contribution in [0.2, 0.25) is 0 Å². The van der Waals surface area contributed by atoms with Crippen molar-refractivity contribution in [3.8, 4) is 0 Å². The Morgan fingerprint density at radius 1 is 1.07 bits per heavy atom. The van der Waals surface area contributed by atoms with Gasteiger partial charge in [0.15, 0.2) is 0 Å². The van der Waals surface area contributed by atoms with Crippen molar-refractivity contribution in [3.05, 3.63) is 71.8 Å². The van der Waals surface area contributed by atoms with Gasteiger partial charge in [-0.25, -0.2) is 0 Å². The van der Waals surface area contributed by atoms with Crippen molar-refractivity contribution in [3.63, 3.8) is 0 Å². The number of hydrogen-bond donors (Lipinski definition) is 1. The third kappa shape index (κ3) is 10.3. The molecular formula is C22H30N2O3. The van der Waals surface area contributed by atoms with E-state index in [9.17, 15) is 9.59 Å². The van der Waals surface area contributed by atoms with Crippen LogP contribution in [0.3, 0.4) is 0 Å². The average Bonchev–Trinajstić information content (AvgIpc) is 2.71. The third-order valence-electron chi connectivity index (χ3n) is 3.76. The number of carbonyl (C=O) groups excluding carboxylic acids is 2. The van der Waals surface area contributed by atoms with E-state index in [1.54, 1.807) is 12.1 Å². The van der Waals surface area contributed by atoms with Crippen LogP contribution >= 0.6 is 0 Å². The zero-order valence-corrected chi connectivity index (χ0v) is 16.4. The molecule has 2 aromatic rings. The Balaban J connectivity index is 0.000000377. The SMILES string of the molecule is CCOC(CCN(C)C)CNC(=O)c1ccccc1.O=Cc1ccccc1. The Kier molecular flexibility index (Phi) is 11.4. The molecular weight excluding hydrogens is 340 g/mol. The number of benzene rings is 2. The van der Waals surface area contributed by atoms with E-state index >= 15 is 0 Å². The first-order valence-corrected chi connectivity index (χ1v) is 9.16. The zero-order chi connectivity index (χ0) is 19.9. The number of carbonyl (C=O) groups is 2. The van der Waals surface area contributed by atoms with E-state index in [0.717, 1.165) is 24.8 Å². The van der Waals surface area contributed by atoms with Crippen molar-refractivity contribution in [2.75, 3.05) is 33.8 Å². The number of amides is 1. The minimum absolute atomic E-state index is 0.0462. The summed E-state index contributed by atoms with van der Waals surface area (Å²) >= 11 is 0. The van der Waals surface area contributed by atoms with Crippen LogP contribution in [0.25, 0.3) is 0 Å². The minimum atomic E-state index is -0.0462. The molecule has 1 N–H and O–H groups in total. The van der Waals surface area contributed by atoms with E-state index in [1.165, 1.54) is 0 Å². The molecule has 2 aromatic carbocycles. The van der Waals surface area contributed by atoms with Crippen LogP contribution in [-0.2, 0) is 4.74 Å². The van der Waals surface area contributed by atoms with E-state index in [1.807, 2.05) is 69.6 Å². The van der Waals surface area contributed by atoms with E-state index in [0.29, 0.717) is 18.7 Å². The van der Waals surface area contributed by atoms with Gasteiger partial charge in [-0.1, -0.05) is 48.5 Å². The molecule has 0 heterocycles. The third-order valence-corrected chi connectivity index (χ3v) is 3.76. The maximum Gasteiger partial charge on any atom is 0.251 e. The summed E-state index contributed by atoms with van der Waals surface area (Å²) in [7, 11) is 4.07. The molecule has 0 saturated carbocycles. The molecule has 1 amide bonds. The summed E-state index contributed by atoms with van der Waals surface area (Å²) in [6.07, 6.45) is 1.82. The normalized spacial score (nSPS) is 11.3. The van der Waals surface area contributed by atoms with Gasteiger partial charge in [-0.15, -0.1) is 0 Å². The summed E-state index contributed by atoms with van der Waals surface area (Å²) in [5.74, 6) is -0.0462. The second-order valence-corrected chi connectivity index (χ2v) is 6.27. The van der Waals surface area contributed by atoms with Gasteiger partial charge in [-0.3, -0.25) is 9.59 Å². The highest BCUT2D eigenvalue weighted by Crippen LogP contribution is 2.01. The molecule has 5 heteroatoms. The topological polar surface area (TPSA) is 58.6 Å². The fourth-order valence-electron chi connectivity index (χ4n) is 2.31. The van der Waals surface area contributed by atoms with Gasteiger partial charge in [0, 0.05) is 30.8 Å². The molecule has 5 nitrogen and oxygen atoms in total. The van der Waals surface area contributed by atoms with Gasteiger partial charge >= 0.3 is 0 Å². The highest BCUT2D eigenvalue weighted by molar-refractivity contribution is 5.94. The number of nitrogens with one attached hydrogen (secondary N) is 1. The van der Waals surface area contributed by atoms with Crippen LogP contribution in [0, 0.1) is 0 Å². The predicted molar refractivity (Wildman–Crippen MR) is 109 cm³/mol. The van der Waals surface area contributed by atoms with Gasteiger partial charge < -0.3 is 15.0 Å². The lowest BCUT2D eigenvalue weighted by atomic mass is 10.2. The molecule has 1 unspecified atom stereocenters. The smallest absolute Gasteiger partial charge is 0.251 e. The van der Waals surface area contributed by atoms with Crippen molar-refractivity contribution in [2.45, 2.75) is 19.4 Å². The number of hydrogen-bond acceptors (Lipinski definition) is 4. The highest BCUT2D eigenvalue weighted by atomic mass is 16.5. The van der Waals surface area contributed by atoms with Crippen molar-refractivity contribution in [2.24, 2.45) is 0 Å². The fraction of sp³-hybridized carbons (Fsp3) is 0.364. The summed E-state index contributed by atoms with van der Waals surface area (Å²) in [5, 5.41) is 2.93. The molecule has 0 aliphatic heterocycles. The van der Waals surface area contributed by atoms with Gasteiger partial charge in [0.1, 0.15) is 6.29 Å². The van der Waals surface area contributed by atoms with Crippen LogP contribution < -0.4 is 5.32 Å². The molecule has 27 heavy (non-hydrogen) atoms. The monoisotopic (exact) mass is 370 g/mol. The van der Waals surface area contributed by atoms with Crippen molar-refractivity contribution in [1.82, 2.24) is 10.2 Å². The second kappa shape index (κ2) is 13.7. The van der Waals surface area contributed by atoms with E-state index in [-0.39, 0.29) is 12.0 Å². The van der Waals surface area contributed by atoms with E-state index in [4.69, 9.17) is 4.74 Å². The number of nitrogens with zero attached hydrogens (tertiary/aromatic N) is 1. The minimum Gasteiger partial charge on any atom is -0.377 e. The van der Waals surface area contributed by atoms with Crippen molar-refractivity contribution < 1.29 is 14.3 Å². The molecule has 0 fully saturated rings. The molecule has 1 atom stereocenters. The first kappa shape index (κ1) is 22.5. The molecule has 0 aromatic heterocycles. The highest BCUT2D eigenvalue weighted by Gasteiger charge is 2.11. The van der Waals surface area contributed by atoms with Crippen LogP contribution in [0.5, 0.6) is 0 Å². The van der Waals surface area contributed by atoms with Gasteiger partial charge in [0.2, 0.25) is 0 Å². The molecule has 0 saturated heterocycles. The molecule has 2 rings (SSSR count). The average molecular weight is 370 g/mol. The lowest BCUT2D eigenvalue weighted by molar-refractivity contribution is 0.0496. The molecule has 0 radical (unpaired) electrons. The van der Waals surface area contributed by atoms with Gasteiger partial charge in [0.25, 0.3) is 5.91 Å². The van der Waals surface area contributed by atoms with Gasteiger partial charge in [-0.05, 0) is 39.6 Å². The molecule has 0 spiro atoms. The second-order valence-electron chi connectivity index (χ2n) is 6.27. The van der Waals surface area contributed by atoms with Crippen LogP contribution in [0.1, 0.15) is 34.1 Å². The Morgan fingerprint density at radius 3 is 2.15 bits per heavy atom. The van der Waals surface area contributed by atoms with Crippen LogP contribution in [0.4, 0.5) is 0 Å². The molecule has 146 valence electrons. The predicted octanol–water partition coefficient (Wildman–Crippen LogP) is 3.27. The quantitative estimate of drug-likeness (QED) is 0.688. The number of aldehydes is 1. The maximum absolute atomic E-state index is 11.9. The summed E-state index contributed by atoms with van der Waals surface area (Å²) in [6, 6.07) is 18.3. The molecule has 0 bridgehead atoms. The lowest BCUT2D eigenvalue weighted by Gasteiger charge is -2.19. The van der Waals surface area contributed by atoms with Crippen LogP contribution in [0.15, 0.2) is 60.7 Å². The van der Waals surface area contributed by atoms with E-state index in [2.05, 4.69) is 10.2 Å².